The molecule has 0 spiro atoms. The van der Waals surface area contributed by atoms with Gasteiger partial charge in [-0.3, -0.25) is 33.8 Å². The van der Waals surface area contributed by atoms with E-state index in [4.69, 9.17) is 11.6 Å². The molecule has 0 radical (unpaired) electrons. The van der Waals surface area contributed by atoms with Gasteiger partial charge in [0.1, 0.15) is 17.0 Å². The van der Waals surface area contributed by atoms with Gasteiger partial charge in [-0.1, -0.05) is 112 Å². The number of amides is 5. The molecule has 8 atom stereocenters. The summed E-state index contributed by atoms with van der Waals surface area (Å²) in [6.07, 6.45) is 9.23. The van der Waals surface area contributed by atoms with Crippen molar-refractivity contribution in [3.63, 3.8) is 0 Å². The molecule has 2 unspecified atom stereocenters. The molecule has 610 valence electrons. The number of aromatic nitrogens is 1. The number of nitrogens with one attached hydrogen (secondary N) is 4. The fourth-order valence-corrected chi connectivity index (χ4v) is 21.0. The zero-order valence-electron chi connectivity index (χ0n) is 65.4. The number of fused-ring (bicyclic) bond motifs is 2. The molecular formula is C84H107ClF3N11O10S4. The molecule has 4 aliphatic heterocycles. The van der Waals surface area contributed by atoms with Crippen molar-refractivity contribution in [2.45, 2.75) is 188 Å². The number of benzene rings is 5. The predicted molar refractivity (Wildman–Crippen MR) is 439 cm³/mol. The molecule has 12 rings (SSSR count). The second kappa shape index (κ2) is 36.8. The Balaban J connectivity index is 0.582. The summed E-state index contributed by atoms with van der Waals surface area (Å²) < 4.78 is 99.8. The standard InChI is InChI=1S/C84H107ClF3N11O10S4/c1-56(59-19-21-61(22-20-59)77-57(2)89-55-111-77)90-80(104)73-47-68(100)52-99(73)81(105)78(82(3,4)5)92-75(101)16-12-7-8-13-17-76(102)97-44-40-95(41-45-97)54-83(6)36-34-71(60-23-27-64(85)28-24-60)63(49-83)51-94-38-42-96(43-39-94)66-30-25-62(26-31-66)79(103)93-113(108,109)70-32-33-72(74(48-70)112(106,107)84(86,87)88)91-65(53-110-69-14-10-9-11-15-69)35-37-98-50-58-18-29-67(98)46-58/h9-11,14-15,19-28,30-33,48,55-56,58,65,67-68,73,78,91,100H,7-8,12-13,16-18,29,34-47,49-54H2,1-6H3,(H,90,104)(H,92,101)(H,93,103)/t56-,58?,65+,67?,68+,73-,78+,83+/m0/s1. The van der Waals surface area contributed by atoms with Crippen LogP contribution in [0.5, 0.6) is 0 Å². The Hall–Kier alpha value is -7.41. The number of piperazine rings is 2. The molecule has 4 saturated heterocycles. The summed E-state index contributed by atoms with van der Waals surface area (Å²) in [5.41, 5.74) is 2.46. The minimum Gasteiger partial charge on any atom is -0.391 e. The Morgan fingerprint density at radius 3 is 2.11 bits per heavy atom. The van der Waals surface area contributed by atoms with E-state index in [2.05, 4.69) is 59.6 Å². The lowest BCUT2D eigenvalue weighted by atomic mass is 9.71. The summed E-state index contributed by atoms with van der Waals surface area (Å²) >= 11 is 9.45. The molecule has 2 aliphatic carbocycles. The molecular weight excluding hydrogens is 1540 g/mol. The van der Waals surface area contributed by atoms with Crippen LogP contribution in [-0.4, -0.2) is 208 Å². The summed E-state index contributed by atoms with van der Waals surface area (Å²) in [7, 11) is -11.0. The highest BCUT2D eigenvalue weighted by atomic mass is 35.5. The van der Waals surface area contributed by atoms with E-state index in [0.717, 1.165) is 141 Å². The van der Waals surface area contributed by atoms with Crippen LogP contribution in [0.15, 0.2) is 147 Å². The van der Waals surface area contributed by atoms with Crippen molar-refractivity contribution in [3.05, 3.63) is 160 Å². The van der Waals surface area contributed by atoms with E-state index in [1.807, 2.05) is 116 Å². The van der Waals surface area contributed by atoms with Crippen LogP contribution in [0, 0.1) is 23.7 Å². The van der Waals surface area contributed by atoms with E-state index >= 15 is 0 Å². The van der Waals surface area contributed by atoms with Gasteiger partial charge >= 0.3 is 5.51 Å². The number of aliphatic hydroxyl groups is 1. The predicted octanol–water partition coefficient (Wildman–Crippen LogP) is 13.3. The average Bonchev–Trinajstić information content (AvgIpc) is 1.37. The maximum Gasteiger partial charge on any atom is 0.501 e. The summed E-state index contributed by atoms with van der Waals surface area (Å²) in [5, 5.41) is 20.5. The van der Waals surface area contributed by atoms with Gasteiger partial charge in [-0.25, -0.2) is 26.5 Å². The van der Waals surface area contributed by atoms with E-state index in [-0.39, 0.29) is 54.1 Å². The molecule has 6 aromatic rings. The van der Waals surface area contributed by atoms with Crippen molar-refractivity contribution in [3.8, 4) is 10.4 Å². The number of halogens is 4. The molecule has 5 N–H and O–H groups in total. The quantitative estimate of drug-likeness (QED) is 0.0200. The zero-order chi connectivity index (χ0) is 80.6. The summed E-state index contributed by atoms with van der Waals surface area (Å²) in [5.74, 6) is -0.971. The minimum atomic E-state index is -6.10. The Morgan fingerprint density at radius 1 is 0.779 bits per heavy atom. The van der Waals surface area contributed by atoms with Crippen molar-refractivity contribution in [2.24, 2.45) is 16.7 Å². The highest BCUT2D eigenvalue weighted by Gasteiger charge is 2.50. The number of thiazole rings is 1. The SMILES string of the molecule is Cc1ncsc1-c1ccc([C@H](C)NC(=O)[C@@H]2C[C@@H](O)CN2C(=O)[C@@H](NC(=O)CCCCCCC(=O)N2CCN(C[C@]3(C)CCC(c4ccc(Cl)cc4)=C(CN4CCN(c5ccc(C(=O)NS(=O)(=O)c6ccc(N[C@H](CCN7CC8CCC7C8)CSc7ccccc7)c(S(=O)(=O)C(F)(F)F)c6)cc5)CC4)C3)CC2)C(C)(C)C)cc1. The van der Waals surface area contributed by atoms with Gasteiger partial charge in [-0.2, -0.15) is 13.2 Å². The van der Waals surface area contributed by atoms with Crippen LogP contribution < -0.4 is 25.6 Å². The van der Waals surface area contributed by atoms with Crippen LogP contribution in [0.25, 0.3) is 16.0 Å². The molecule has 5 heterocycles. The van der Waals surface area contributed by atoms with Crippen molar-refractivity contribution in [1.29, 1.82) is 0 Å². The third-order valence-corrected chi connectivity index (χ3v) is 28.6. The van der Waals surface area contributed by atoms with Crippen LogP contribution in [0.3, 0.4) is 0 Å². The first kappa shape index (κ1) is 85.0. The fourth-order valence-electron chi connectivity index (χ4n) is 17.0. The average molecular weight is 1650 g/mol. The second-order valence-electron chi connectivity index (χ2n) is 33.0. The largest absolute Gasteiger partial charge is 0.501 e. The van der Waals surface area contributed by atoms with Gasteiger partial charge in [-0.05, 0) is 177 Å². The summed E-state index contributed by atoms with van der Waals surface area (Å²) in [6.45, 7) is 20.7. The van der Waals surface area contributed by atoms with Gasteiger partial charge in [0.25, 0.3) is 25.8 Å². The van der Waals surface area contributed by atoms with Crippen LogP contribution in [-0.2, 0) is 39.0 Å². The first-order valence-electron chi connectivity index (χ1n) is 39.6. The fraction of sp³-hybridized carbons (Fsp3) is 0.524. The molecule has 6 aliphatic rings. The number of hydrogen-bond donors (Lipinski definition) is 5. The summed E-state index contributed by atoms with van der Waals surface area (Å²) in [6, 6.07) is 32.1. The molecule has 29 heteroatoms. The number of rotatable bonds is 31. The topological polar surface area (TPSA) is 254 Å². The highest BCUT2D eigenvalue weighted by molar-refractivity contribution is 7.99. The number of aryl methyl sites for hydroxylation is 1. The number of alkyl halides is 3. The second-order valence-corrected chi connectivity index (χ2v) is 38.9. The van der Waals surface area contributed by atoms with Gasteiger partial charge in [0.15, 0.2) is 0 Å². The first-order chi connectivity index (χ1) is 53.8. The van der Waals surface area contributed by atoms with Crippen LogP contribution in [0.2, 0.25) is 5.02 Å². The maximum atomic E-state index is 14.5. The number of anilines is 2. The third kappa shape index (κ3) is 21.6. The number of carbonyl (C=O) groups is 5. The van der Waals surface area contributed by atoms with Crippen molar-refractivity contribution in [2.75, 3.05) is 101 Å². The van der Waals surface area contributed by atoms with Gasteiger partial charge in [0.05, 0.1) is 38.8 Å². The Labute approximate surface area is 676 Å². The molecule has 21 nitrogen and oxygen atoms in total. The number of hydrogen-bond acceptors (Lipinski definition) is 18. The van der Waals surface area contributed by atoms with Crippen LogP contribution >= 0.6 is 34.7 Å². The minimum absolute atomic E-state index is 0.0198. The third-order valence-electron chi connectivity index (χ3n) is 23.4. The number of sulfonamides is 1. The highest BCUT2D eigenvalue weighted by Crippen LogP contribution is 2.45. The lowest BCUT2D eigenvalue weighted by Gasteiger charge is -2.44. The van der Waals surface area contributed by atoms with Gasteiger partial charge in [-0.15, -0.1) is 23.1 Å². The Kier molecular flexibility index (Phi) is 27.7. The number of carbonyl (C=O) groups excluding carboxylic acids is 5. The number of piperidine rings is 1. The van der Waals surface area contributed by atoms with Crippen LogP contribution in [0.4, 0.5) is 24.5 Å². The normalized spacial score (nSPS) is 21.6. The van der Waals surface area contributed by atoms with Crippen molar-refractivity contribution < 1.29 is 59.1 Å². The van der Waals surface area contributed by atoms with E-state index < -0.39 is 82.3 Å². The number of likely N-dealkylation sites (tertiary alicyclic amines) is 2. The number of nitrogens with zero attached hydrogens (tertiary/aromatic N) is 7. The van der Waals surface area contributed by atoms with E-state index in [1.54, 1.807) is 23.5 Å². The number of allylic oxidation sites excluding steroid dienone is 1. The van der Waals surface area contributed by atoms with Crippen molar-refractivity contribution in [1.82, 2.24) is 44.8 Å². The number of sulfone groups is 1. The molecule has 1 aromatic heterocycles. The maximum absolute atomic E-state index is 14.5. The molecule has 5 fully saturated rings. The monoisotopic (exact) mass is 1650 g/mol. The van der Waals surface area contributed by atoms with Gasteiger partial charge in [0.2, 0.25) is 23.6 Å². The van der Waals surface area contributed by atoms with Gasteiger partial charge in [0, 0.05) is 143 Å². The van der Waals surface area contributed by atoms with E-state index in [0.29, 0.717) is 87.2 Å². The molecule has 113 heavy (non-hydrogen) atoms. The van der Waals surface area contributed by atoms with E-state index in [9.17, 15) is 59.1 Å². The number of thioether (sulfide) groups is 1. The molecule has 2 bridgehead atoms. The van der Waals surface area contributed by atoms with Gasteiger partial charge < -0.3 is 40.7 Å². The zero-order valence-corrected chi connectivity index (χ0v) is 69.4. The lowest BCUT2D eigenvalue weighted by Crippen LogP contribution is -2.57. The molecule has 5 amide bonds. The van der Waals surface area contributed by atoms with E-state index in [1.165, 1.54) is 46.4 Å². The number of unbranched alkanes of at least 4 members (excludes halogenated alkanes) is 3. The Bertz CT molecular complexity index is 4600. The smallest absolute Gasteiger partial charge is 0.391 e. The lowest BCUT2D eigenvalue weighted by molar-refractivity contribution is -0.144. The molecule has 5 aromatic carbocycles. The summed E-state index contributed by atoms with van der Waals surface area (Å²) in [4.78, 5) is 86.1. The Morgan fingerprint density at radius 2 is 1.46 bits per heavy atom. The number of β-amino-alcohol motifs (C(OH)–C–C–N with tert-alkyl or cyclic N) is 1. The first-order valence-corrected chi connectivity index (χ1v) is 44.8. The van der Waals surface area contributed by atoms with Crippen LogP contribution in [0.1, 0.15) is 158 Å². The van der Waals surface area contributed by atoms with Crippen molar-refractivity contribution >= 4 is 101 Å². The molecule has 1 saturated carbocycles. The number of aliphatic hydroxyl groups excluding tert-OH is 1.